The van der Waals surface area contributed by atoms with Gasteiger partial charge < -0.3 is 5.41 Å². The van der Waals surface area contributed by atoms with Gasteiger partial charge in [0.1, 0.15) is 0 Å². The minimum absolute atomic E-state index is 0.258. The van der Waals surface area contributed by atoms with Crippen molar-refractivity contribution in [3.05, 3.63) is 70.5 Å². The Labute approximate surface area is 155 Å². The third kappa shape index (κ3) is 2.25. The molecule has 0 aliphatic carbocycles. The van der Waals surface area contributed by atoms with Gasteiger partial charge in [-0.2, -0.15) is 4.68 Å². The van der Waals surface area contributed by atoms with Crippen LogP contribution in [-0.2, 0) is 0 Å². The molecule has 0 saturated carbocycles. The fourth-order valence-electron chi connectivity index (χ4n) is 2.97. The lowest BCUT2D eigenvalue weighted by atomic mass is 10.2. The van der Waals surface area contributed by atoms with Crippen LogP contribution in [0, 0.1) is 5.41 Å². The molecule has 0 aliphatic rings. The number of thiazole rings is 1. The van der Waals surface area contributed by atoms with Crippen molar-refractivity contribution >= 4 is 49.2 Å². The largest absolute Gasteiger partial charge is 0.308 e. The van der Waals surface area contributed by atoms with Gasteiger partial charge in [0.05, 0.1) is 26.4 Å². The van der Waals surface area contributed by atoms with Crippen LogP contribution in [0.3, 0.4) is 0 Å². The van der Waals surface area contributed by atoms with Crippen molar-refractivity contribution < 1.29 is 0 Å². The molecule has 0 aliphatic heterocycles. The summed E-state index contributed by atoms with van der Waals surface area (Å²) in [6, 6.07) is 17.9. The van der Waals surface area contributed by atoms with Crippen LogP contribution in [0.5, 0.6) is 0 Å². The molecule has 3 aromatic heterocycles. The van der Waals surface area contributed by atoms with Gasteiger partial charge in [0.15, 0.2) is 0 Å². The van der Waals surface area contributed by atoms with Crippen LogP contribution in [0.25, 0.3) is 36.0 Å². The molecule has 0 bridgehead atoms. The van der Waals surface area contributed by atoms with Gasteiger partial charge in [-0.15, -0.1) is 11.3 Å². The molecule has 0 atom stereocenters. The molecule has 0 fully saturated rings. The van der Waals surface area contributed by atoms with Crippen molar-refractivity contribution in [2.24, 2.45) is 0 Å². The monoisotopic (exact) mass is 376 g/mol. The maximum atomic E-state index is 12.8. The number of aromatic amines is 1. The zero-order valence-corrected chi connectivity index (χ0v) is 15.0. The van der Waals surface area contributed by atoms with Gasteiger partial charge in [-0.25, -0.2) is 4.98 Å². The van der Waals surface area contributed by atoms with E-state index < -0.39 is 0 Å². The van der Waals surface area contributed by atoms with Crippen molar-refractivity contribution in [2.45, 2.75) is 0 Å². The minimum Gasteiger partial charge on any atom is -0.308 e. The van der Waals surface area contributed by atoms with Crippen LogP contribution in [0.15, 0.2) is 59.4 Å². The molecule has 126 valence electrons. The van der Waals surface area contributed by atoms with Crippen LogP contribution in [0.2, 0.25) is 0 Å². The Hall–Kier alpha value is -3.03. The molecule has 0 saturated heterocycles. The molecule has 26 heavy (non-hydrogen) atoms. The number of nitrogens with zero attached hydrogens (tertiary/aromatic N) is 2. The molecule has 0 unspecified atom stereocenters. The second kappa shape index (κ2) is 5.76. The number of benzene rings is 2. The lowest BCUT2D eigenvalue weighted by Crippen LogP contribution is -2.16. The highest BCUT2D eigenvalue weighted by atomic mass is 32.1. The predicted molar refractivity (Wildman–Crippen MR) is 108 cm³/mol. The highest BCUT2D eigenvalue weighted by Crippen LogP contribution is 2.33. The Morgan fingerprint density at radius 3 is 2.58 bits per heavy atom. The minimum atomic E-state index is -0.258. The first-order valence-electron chi connectivity index (χ1n) is 7.95. The fraction of sp³-hybridized carbons (Fsp3) is 0. The van der Waals surface area contributed by atoms with Crippen LogP contribution in [-0.4, -0.2) is 21.0 Å². The Morgan fingerprint density at radius 2 is 1.81 bits per heavy atom. The van der Waals surface area contributed by atoms with E-state index in [0.29, 0.717) is 16.4 Å². The number of thiophene rings is 1. The summed E-state index contributed by atoms with van der Waals surface area (Å²) in [6.07, 6.45) is 1.11. The smallest absolute Gasteiger partial charge is 0.282 e. The van der Waals surface area contributed by atoms with Gasteiger partial charge in [-0.1, -0.05) is 41.7 Å². The predicted octanol–water partition coefficient (Wildman–Crippen LogP) is 4.65. The summed E-state index contributed by atoms with van der Waals surface area (Å²) >= 11 is 3.04. The summed E-state index contributed by atoms with van der Waals surface area (Å²) in [5.41, 5.74) is 1.60. The topological polar surface area (TPSA) is 74.5 Å². The summed E-state index contributed by atoms with van der Waals surface area (Å²) in [5, 5.41) is 12.6. The van der Waals surface area contributed by atoms with Crippen LogP contribution in [0.4, 0.5) is 0 Å². The van der Waals surface area contributed by atoms with Gasteiger partial charge in [0.25, 0.3) is 5.56 Å². The lowest BCUT2D eigenvalue weighted by Gasteiger charge is -1.95. The molecule has 5 aromatic rings. The van der Waals surface area contributed by atoms with Gasteiger partial charge in [0, 0.05) is 10.9 Å². The number of para-hydroxylation sites is 1. The Morgan fingerprint density at radius 1 is 1.04 bits per heavy atom. The highest BCUT2D eigenvalue weighted by molar-refractivity contribution is 7.22. The molecule has 3 heterocycles. The van der Waals surface area contributed by atoms with Crippen molar-refractivity contribution in [1.29, 1.82) is 5.41 Å². The maximum Gasteiger partial charge on any atom is 0.282 e. The van der Waals surface area contributed by atoms with Crippen LogP contribution in [0.1, 0.15) is 5.56 Å². The Kier molecular flexibility index (Phi) is 3.37. The summed E-state index contributed by atoms with van der Waals surface area (Å²) in [4.78, 5) is 18.3. The average Bonchev–Trinajstić information content (AvgIpc) is 3.35. The fourth-order valence-corrected chi connectivity index (χ4v) is 4.96. The van der Waals surface area contributed by atoms with Gasteiger partial charge in [-0.3, -0.25) is 9.89 Å². The van der Waals surface area contributed by atoms with Crippen molar-refractivity contribution in [1.82, 2.24) is 14.8 Å². The maximum absolute atomic E-state index is 12.8. The molecule has 2 N–H and O–H groups in total. The third-order valence-electron chi connectivity index (χ3n) is 4.22. The summed E-state index contributed by atoms with van der Waals surface area (Å²) in [6.45, 7) is 0. The highest BCUT2D eigenvalue weighted by Gasteiger charge is 2.18. The van der Waals surface area contributed by atoms with Gasteiger partial charge in [-0.05, 0) is 29.7 Å². The van der Waals surface area contributed by atoms with E-state index in [1.807, 2.05) is 48.5 Å². The summed E-state index contributed by atoms with van der Waals surface area (Å²) < 4.78 is 3.60. The molecular weight excluding hydrogens is 364 g/mol. The number of fused-ring (bicyclic) bond motifs is 2. The van der Waals surface area contributed by atoms with Crippen molar-refractivity contribution in [2.75, 3.05) is 0 Å². The van der Waals surface area contributed by atoms with E-state index in [0.717, 1.165) is 31.4 Å². The molecule has 7 heteroatoms. The normalized spacial score (nSPS) is 11.4. The first-order chi connectivity index (χ1) is 12.7. The van der Waals surface area contributed by atoms with E-state index in [1.165, 1.54) is 16.0 Å². The zero-order chi connectivity index (χ0) is 17.7. The summed E-state index contributed by atoms with van der Waals surface area (Å²) in [7, 11) is 0. The van der Waals surface area contributed by atoms with E-state index in [2.05, 4.69) is 16.1 Å². The van der Waals surface area contributed by atoms with Crippen LogP contribution < -0.4 is 5.56 Å². The van der Waals surface area contributed by atoms with Crippen LogP contribution >= 0.6 is 22.7 Å². The van der Waals surface area contributed by atoms with E-state index >= 15 is 0 Å². The average molecular weight is 376 g/mol. The Balaban J connectivity index is 1.73. The van der Waals surface area contributed by atoms with E-state index in [4.69, 9.17) is 5.41 Å². The SMILES string of the molecule is N=Cc1c(-c2cc3ccccc3s2)[nH]n(-c2nc3ccccc3s2)c1=O. The van der Waals surface area contributed by atoms with Crippen molar-refractivity contribution in [3.63, 3.8) is 0 Å². The quantitative estimate of drug-likeness (QED) is 0.450. The molecule has 5 nitrogen and oxygen atoms in total. The van der Waals surface area contributed by atoms with E-state index in [9.17, 15) is 4.79 Å². The first-order valence-corrected chi connectivity index (χ1v) is 9.58. The molecule has 0 radical (unpaired) electrons. The standard InChI is InChI=1S/C19H12N4OS2/c20-10-12-17(16-9-11-5-1-3-7-14(11)25-16)22-23(18(12)24)19-21-13-6-2-4-8-15(13)26-19/h1-10,20,22H. The zero-order valence-electron chi connectivity index (χ0n) is 13.4. The number of nitrogens with one attached hydrogen (secondary N) is 2. The number of rotatable bonds is 3. The summed E-state index contributed by atoms with van der Waals surface area (Å²) in [5.74, 6) is 0. The number of hydrogen-bond acceptors (Lipinski definition) is 5. The van der Waals surface area contributed by atoms with Gasteiger partial charge >= 0.3 is 0 Å². The van der Waals surface area contributed by atoms with Crippen molar-refractivity contribution in [3.8, 4) is 15.7 Å². The molecule has 0 amide bonds. The van der Waals surface area contributed by atoms with E-state index in [-0.39, 0.29) is 5.56 Å². The third-order valence-corrected chi connectivity index (χ3v) is 6.37. The Bertz CT molecular complexity index is 1270. The first kappa shape index (κ1) is 15.2. The van der Waals surface area contributed by atoms with E-state index in [1.54, 1.807) is 11.3 Å². The molecule has 0 spiro atoms. The number of hydrogen-bond donors (Lipinski definition) is 2. The molecular formula is C19H12N4OS2. The molecule has 5 rings (SSSR count). The number of aromatic nitrogens is 3. The lowest BCUT2D eigenvalue weighted by molar-refractivity contribution is 0.846. The van der Waals surface area contributed by atoms with Gasteiger partial charge in [0.2, 0.25) is 5.13 Å². The molecule has 2 aromatic carbocycles. The second-order valence-corrected chi connectivity index (χ2v) is 7.89. The number of H-pyrrole nitrogens is 1. The second-order valence-electron chi connectivity index (χ2n) is 5.80.